The molecule has 4 nitrogen and oxygen atoms in total. The summed E-state index contributed by atoms with van der Waals surface area (Å²) in [5.41, 5.74) is 0. The Hall–Kier alpha value is -1.10. The van der Waals surface area contributed by atoms with Crippen LogP contribution in [-0.2, 0) is 0 Å². The van der Waals surface area contributed by atoms with Gasteiger partial charge in [-0.2, -0.15) is 0 Å². The fraction of sp³-hybridized carbons (Fsp3) is 0.444. The average Bonchev–Trinajstić information content (AvgIpc) is 2.19. The third kappa shape index (κ3) is 3.33. The van der Waals surface area contributed by atoms with E-state index in [-0.39, 0.29) is 5.82 Å². The van der Waals surface area contributed by atoms with Crippen molar-refractivity contribution in [3.63, 3.8) is 0 Å². The summed E-state index contributed by atoms with van der Waals surface area (Å²) in [6, 6.07) is 3.18. The largest absolute Gasteiger partial charge is 0.363 e. The minimum atomic E-state index is -0.486. The molecule has 0 N–H and O–H groups in total. The monoisotopic (exact) mass is 212 g/mol. The van der Waals surface area contributed by atoms with Crippen LogP contribution in [0.4, 0.5) is 5.82 Å². The number of thioether (sulfide) groups is 1. The Bertz CT molecular complexity index is 300. The number of hydrogen-bond acceptors (Lipinski definition) is 4. The van der Waals surface area contributed by atoms with Crippen LogP contribution in [0.3, 0.4) is 0 Å². The predicted octanol–water partition coefficient (Wildman–Crippen LogP) is 2.88. The van der Waals surface area contributed by atoms with Crippen LogP contribution < -0.4 is 0 Å². The van der Waals surface area contributed by atoms with Gasteiger partial charge >= 0.3 is 5.82 Å². The van der Waals surface area contributed by atoms with Crippen LogP contribution in [0.25, 0.3) is 0 Å². The normalized spacial score (nSPS) is 10.1. The molecule has 1 rings (SSSR count). The topological polar surface area (TPSA) is 56.0 Å². The van der Waals surface area contributed by atoms with Crippen molar-refractivity contribution in [1.82, 2.24) is 4.98 Å². The average molecular weight is 212 g/mol. The molecule has 0 spiro atoms. The fourth-order valence-electron chi connectivity index (χ4n) is 0.900. The van der Waals surface area contributed by atoms with Gasteiger partial charge in [-0.25, -0.2) is 0 Å². The second kappa shape index (κ2) is 5.59. The molecule has 76 valence electrons. The molecule has 5 heteroatoms. The highest BCUT2D eigenvalue weighted by Gasteiger charge is 2.05. The van der Waals surface area contributed by atoms with Crippen molar-refractivity contribution in [2.75, 3.05) is 5.75 Å². The molecular weight excluding hydrogens is 200 g/mol. The first kappa shape index (κ1) is 11.0. The Labute approximate surface area is 86.9 Å². The number of pyridine rings is 1. The molecular formula is C9H12N2O2S. The van der Waals surface area contributed by atoms with Crippen LogP contribution in [0.1, 0.15) is 19.8 Å². The van der Waals surface area contributed by atoms with Crippen molar-refractivity contribution >= 4 is 17.6 Å². The first-order chi connectivity index (χ1) is 6.74. The molecule has 0 radical (unpaired) electrons. The van der Waals surface area contributed by atoms with Crippen LogP contribution in [0, 0.1) is 10.1 Å². The van der Waals surface area contributed by atoms with Crippen molar-refractivity contribution < 1.29 is 4.92 Å². The van der Waals surface area contributed by atoms with E-state index in [1.165, 1.54) is 6.07 Å². The number of nitrogens with zero attached hydrogens (tertiary/aromatic N) is 2. The minimum Gasteiger partial charge on any atom is -0.358 e. The van der Waals surface area contributed by atoms with Crippen molar-refractivity contribution in [2.24, 2.45) is 0 Å². The highest BCUT2D eigenvalue weighted by atomic mass is 32.2. The number of unbranched alkanes of at least 4 members (excludes halogenated alkanes) is 1. The number of aromatic nitrogens is 1. The van der Waals surface area contributed by atoms with E-state index < -0.39 is 4.92 Å². The van der Waals surface area contributed by atoms with E-state index in [4.69, 9.17) is 0 Å². The van der Waals surface area contributed by atoms with Gasteiger partial charge in [-0.15, -0.1) is 11.8 Å². The quantitative estimate of drug-likeness (QED) is 0.326. The van der Waals surface area contributed by atoms with Crippen LogP contribution in [0.2, 0.25) is 0 Å². The maximum absolute atomic E-state index is 10.3. The Morgan fingerprint density at radius 3 is 2.86 bits per heavy atom. The van der Waals surface area contributed by atoms with Gasteiger partial charge in [0.15, 0.2) is 6.20 Å². The zero-order valence-electron chi connectivity index (χ0n) is 7.97. The van der Waals surface area contributed by atoms with Crippen molar-refractivity contribution in [3.8, 4) is 0 Å². The molecule has 0 atom stereocenters. The Kier molecular flexibility index (Phi) is 4.39. The molecule has 0 saturated heterocycles. The lowest BCUT2D eigenvalue weighted by atomic mass is 10.4. The van der Waals surface area contributed by atoms with Gasteiger partial charge in [0.05, 0.1) is 4.90 Å². The molecule has 0 amide bonds. The highest BCUT2D eigenvalue weighted by Crippen LogP contribution is 2.19. The van der Waals surface area contributed by atoms with E-state index in [0.29, 0.717) is 0 Å². The van der Waals surface area contributed by atoms with Gasteiger partial charge in [0.2, 0.25) is 0 Å². The summed E-state index contributed by atoms with van der Waals surface area (Å²) >= 11 is 1.68. The Morgan fingerprint density at radius 2 is 2.36 bits per heavy atom. The van der Waals surface area contributed by atoms with E-state index in [9.17, 15) is 10.1 Å². The van der Waals surface area contributed by atoms with Gasteiger partial charge in [-0.05, 0) is 28.1 Å². The second-order valence-corrected chi connectivity index (χ2v) is 3.98. The van der Waals surface area contributed by atoms with Crippen molar-refractivity contribution in [3.05, 3.63) is 28.4 Å². The highest BCUT2D eigenvalue weighted by molar-refractivity contribution is 7.99. The standard InChI is InChI=1S/C9H12N2O2S/c1-2-3-6-14-8-4-5-9(10-7-8)11(12)13/h4-5,7H,2-3,6H2,1H3. The maximum Gasteiger partial charge on any atom is 0.363 e. The van der Waals surface area contributed by atoms with Crippen LogP contribution in [0.15, 0.2) is 23.2 Å². The molecule has 1 aromatic heterocycles. The number of nitro groups is 1. The molecule has 1 heterocycles. The van der Waals surface area contributed by atoms with Gasteiger partial charge in [-0.3, -0.25) is 0 Å². The van der Waals surface area contributed by atoms with Crippen molar-refractivity contribution in [2.45, 2.75) is 24.7 Å². The number of hydrogen-bond donors (Lipinski definition) is 0. The van der Waals surface area contributed by atoms with Crippen LogP contribution >= 0.6 is 11.8 Å². The van der Waals surface area contributed by atoms with Gasteiger partial charge in [0.25, 0.3) is 0 Å². The van der Waals surface area contributed by atoms with Gasteiger partial charge < -0.3 is 10.1 Å². The SMILES string of the molecule is CCCCSc1ccc([N+](=O)[O-])nc1. The van der Waals surface area contributed by atoms with E-state index in [1.807, 2.05) is 0 Å². The van der Waals surface area contributed by atoms with E-state index >= 15 is 0 Å². The zero-order chi connectivity index (χ0) is 10.4. The van der Waals surface area contributed by atoms with Gasteiger partial charge in [-0.1, -0.05) is 13.3 Å². The summed E-state index contributed by atoms with van der Waals surface area (Å²) in [6.07, 6.45) is 3.87. The number of rotatable bonds is 5. The third-order valence-electron chi connectivity index (χ3n) is 1.67. The van der Waals surface area contributed by atoms with E-state index in [1.54, 1.807) is 24.0 Å². The van der Waals surface area contributed by atoms with Gasteiger partial charge in [0, 0.05) is 6.07 Å². The molecule has 0 aromatic carbocycles. The summed E-state index contributed by atoms with van der Waals surface area (Å²) < 4.78 is 0. The summed E-state index contributed by atoms with van der Waals surface area (Å²) in [6.45, 7) is 2.13. The molecule has 0 aliphatic carbocycles. The first-order valence-corrected chi connectivity index (χ1v) is 5.46. The van der Waals surface area contributed by atoms with Crippen LogP contribution in [-0.4, -0.2) is 15.7 Å². The molecule has 0 aliphatic heterocycles. The van der Waals surface area contributed by atoms with E-state index in [2.05, 4.69) is 11.9 Å². The zero-order valence-corrected chi connectivity index (χ0v) is 8.79. The Balaban J connectivity index is 2.51. The fourth-order valence-corrected chi connectivity index (χ4v) is 1.86. The summed E-state index contributed by atoms with van der Waals surface area (Å²) in [5, 5.41) is 10.3. The van der Waals surface area contributed by atoms with Gasteiger partial charge in [0.1, 0.15) is 0 Å². The van der Waals surface area contributed by atoms with Crippen LogP contribution in [0.5, 0.6) is 0 Å². The minimum absolute atomic E-state index is 0.0927. The molecule has 0 bridgehead atoms. The third-order valence-corrected chi connectivity index (χ3v) is 2.74. The molecule has 0 unspecified atom stereocenters. The van der Waals surface area contributed by atoms with E-state index in [0.717, 1.165) is 23.5 Å². The predicted molar refractivity (Wildman–Crippen MR) is 56.5 cm³/mol. The molecule has 14 heavy (non-hydrogen) atoms. The molecule has 0 aliphatic rings. The lowest BCUT2D eigenvalue weighted by molar-refractivity contribution is -0.389. The second-order valence-electron chi connectivity index (χ2n) is 2.81. The maximum atomic E-state index is 10.3. The molecule has 0 saturated carbocycles. The summed E-state index contributed by atoms with van der Waals surface area (Å²) in [7, 11) is 0. The smallest absolute Gasteiger partial charge is 0.358 e. The molecule has 1 aromatic rings. The van der Waals surface area contributed by atoms with Crippen molar-refractivity contribution in [1.29, 1.82) is 0 Å². The Morgan fingerprint density at radius 1 is 1.57 bits per heavy atom. The summed E-state index contributed by atoms with van der Waals surface area (Å²) in [4.78, 5) is 14.6. The lowest BCUT2D eigenvalue weighted by Crippen LogP contribution is -1.91. The first-order valence-electron chi connectivity index (χ1n) is 4.47. The lowest BCUT2D eigenvalue weighted by Gasteiger charge is -1.97. The molecule has 0 fully saturated rings. The summed E-state index contributed by atoms with van der Waals surface area (Å²) in [5.74, 6) is 0.945.